The van der Waals surface area contributed by atoms with Gasteiger partial charge in [0.2, 0.25) is 5.91 Å². The van der Waals surface area contributed by atoms with Gasteiger partial charge in [-0.05, 0) is 80.9 Å². The minimum Gasteiger partial charge on any atom is -0.384 e. The number of likely N-dealkylation sites (tertiary alicyclic amines) is 1. The van der Waals surface area contributed by atoms with Crippen LogP contribution in [0.1, 0.15) is 42.1 Å². The number of amides is 2. The quantitative estimate of drug-likeness (QED) is 0.290. The van der Waals surface area contributed by atoms with Crippen molar-refractivity contribution >= 4 is 35.2 Å². The summed E-state index contributed by atoms with van der Waals surface area (Å²) in [5, 5.41) is 8.66. The van der Waals surface area contributed by atoms with E-state index in [-0.39, 0.29) is 11.6 Å². The van der Waals surface area contributed by atoms with Crippen LogP contribution in [0.25, 0.3) is 17.3 Å². The lowest BCUT2D eigenvalue weighted by Gasteiger charge is -2.26. The largest absolute Gasteiger partial charge is 0.384 e. The SMILES string of the molecule is CCNc1nc(-c2ccc(NC(=O)C=Cc3ccc(N)nc3)c(F)c2)ccc1C(=O)NCCN1CCCCC1. The number of nitrogens with two attached hydrogens (primary N) is 1. The predicted octanol–water partition coefficient (Wildman–Crippen LogP) is 4.16. The summed E-state index contributed by atoms with van der Waals surface area (Å²) in [5.41, 5.74) is 7.75. The number of hydrogen-bond donors (Lipinski definition) is 4. The molecule has 1 fully saturated rings. The summed E-state index contributed by atoms with van der Waals surface area (Å²) < 4.78 is 14.9. The molecule has 0 atom stereocenters. The van der Waals surface area contributed by atoms with E-state index in [0.29, 0.717) is 47.1 Å². The number of rotatable bonds is 10. The number of nitrogen functional groups attached to an aromatic ring is 1. The standard InChI is InChI=1S/C29H34FN7O2/c1-2-32-28-22(29(39)33-14-17-37-15-4-3-5-16-37)9-11-24(36-28)21-8-10-25(23(30)18-21)35-27(38)13-7-20-6-12-26(31)34-19-20/h6-13,18-19H,2-5,14-17H2,1H3,(H2,31,34)(H,32,36)(H,33,39)(H,35,38). The van der Waals surface area contributed by atoms with Crippen LogP contribution in [0.4, 0.5) is 21.7 Å². The summed E-state index contributed by atoms with van der Waals surface area (Å²) >= 11 is 0. The highest BCUT2D eigenvalue weighted by atomic mass is 19.1. The third-order valence-electron chi connectivity index (χ3n) is 6.41. The molecule has 0 unspecified atom stereocenters. The molecule has 4 rings (SSSR count). The monoisotopic (exact) mass is 531 g/mol. The maximum absolute atomic E-state index is 14.9. The van der Waals surface area contributed by atoms with Gasteiger partial charge in [0, 0.05) is 37.5 Å². The lowest BCUT2D eigenvalue weighted by Crippen LogP contribution is -2.37. The first-order chi connectivity index (χ1) is 18.9. The Morgan fingerprint density at radius 1 is 1.10 bits per heavy atom. The van der Waals surface area contributed by atoms with Gasteiger partial charge in [-0.25, -0.2) is 14.4 Å². The Hall–Kier alpha value is -4.31. The zero-order valence-electron chi connectivity index (χ0n) is 22.0. The van der Waals surface area contributed by atoms with Gasteiger partial charge in [0.15, 0.2) is 0 Å². The van der Waals surface area contributed by atoms with Crippen LogP contribution in [0.5, 0.6) is 0 Å². The maximum Gasteiger partial charge on any atom is 0.255 e. The molecule has 2 aromatic heterocycles. The van der Waals surface area contributed by atoms with Gasteiger partial charge in [0.1, 0.15) is 17.5 Å². The molecule has 0 aliphatic carbocycles. The van der Waals surface area contributed by atoms with Crippen LogP contribution in [-0.4, -0.2) is 59.4 Å². The summed E-state index contributed by atoms with van der Waals surface area (Å²) in [6.45, 7) is 6.03. The van der Waals surface area contributed by atoms with E-state index < -0.39 is 11.7 Å². The molecule has 5 N–H and O–H groups in total. The van der Waals surface area contributed by atoms with Gasteiger partial charge in [0.05, 0.1) is 16.9 Å². The van der Waals surface area contributed by atoms with Crippen molar-refractivity contribution in [1.82, 2.24) is 20.2 Å². The summed E-state index contributed by atoms with van der Waals surface area (Å²) in [4.78, 5) is 36.1. The second kappa shape index (κ2) is 13.5. The van der Waals surface area contributed by atoms with Crippen molar-refractivity contribution in [3.8, 4) is 11.3 Å². The van der Waals surface area contributed by atoms with Gasteiger partial charge in [-0.1, -0.05) is 12.5 Å². The van der Waals surface area contributed by atoms with Gasteiger partial charge < -0.3 is 26.6 Å². The second-order valence-corrected chi connectivity index (χ2v) is 9.31. The van der Waals surface area contributed by atoms with E-state index in [1.165, 1.54) is 43.7 Å². The highest BCUT2D eigenvalue weighted by molar-refractivity contribution is 6.02. The first-order valence-corrected chi connectivity index (χ1v) is 13.2. The zero-order valence-corrected chi connectivity index (χ0v) is 22.0. The Balaban J connectivity index is 1.41. The lowest BCUT2D eigenvalue weighted by molar-refractivity contribution is -0.111. The maximum atomic E-state index is 14.9. The average molecular weight is 532 g/mol. The molecule has 9 nitrogen and oxygen atoms in total. The number of nitrogens with zero attached hydrogens (tertiary/aromatic N) is 3. The van der Waals surface area contributed by atoms with Crippen molar-refractivity contribution in [1.29, 1.82) is 0 Å². The topological polar surface area (TPSA) is 125 Å². The van der Waals surface area contributed by atoms with Gasteiger partial charge >= 0.3 is 0 Å². The van der Waals surface area contributed by atoms with Crippen LogP contribution < -0.4 is 21.7 Å². The fourth-order valence-electron chi connectivity index (χ4n) is 4.35. The van der Waals surface area contributed by atoms with Gasteiger partial charge in [-0.2, -0.15) is 0 Å². The van der Waals surface area contributed by atoms with E-state index in [2.05, 4.69) is 30.8 Å². The van der Waals surface area contributed by atoms with Gasteiger partial charge in [-0.15, -0.1) is 0 Å². The minimum absolute atomic E-state index is 0.0421. The van der Waals surface area contributed by atoms with E-state index in [0.717, 1.165) is 19.6 Å². The van der Waals surface area contributed by atoms with E-state index in [4.69, 9.17) is 5.73 Å². The molecule has 3 aromatic rings. The molecular weight excluding hydrogens is 497 g/mol. The summed E-state index contributed by atoms with van der Waals surface area (Å²) in [6.07, 6.45) is 8.07. The molecule has 0 saturated carbocycles. The van der Waals surface area contributed by atoms with Crippen molar-refractivity contribution in [2.45, 2.75) is 26.2 Å². The highest BCUT2D eigenvalue weighted by Gasteiger charge is 2.16. The van der Waals surface area contributed by atoms with Gasteiger partial charge in [0.25, 0.3) is 5.91 Å². The Morgan fingerprint density at radius 3 is 2.64 bits per heavy atom. The van der Waals surface area contributed by atoms with Crippen LogP contribution in [0, 0.1) is 5.82 Å². The lowest BCUT2D eigenvalue weighted by atomic mass is 10.1. The number of hydrogen-bond acceptors (Lipinski definition) is 7. The molecule has 0 bridgehead atoms. The van der Waals surface area contributed by atoms with E-state index in [9.17, 15) is 14.0 Å². The molecule has 10 heteroatoms. The van der Waals surface area contributed by atoms with Crippen molar-refractivity contribution in [2.24, 2.45) is 0 Å². The third kappa shape index (κ3) is 7.84. The van der Waals surface area contributed by atoms with E-state index in [1.807, 2.05) is 6.92 Å². The normalized spacial score (nSPS) is 13.8. The Labute approximate surface area is 227 Å². The smallest absolute Gasteiger partial charge is 0.255 e. The number of carbonyl (C=O) groups is 2. The van der Waals surface area contributed by atoms with Crippen LogP contribution in [0.2, 0.25) is 0 Å². The number of pyridine rings is 2. The summed E-state index contributed by atoms with van der Waals surface area (Å²) in [6, 6.07) is 11.2. The number of aromatic nitrogens is 2. The van der Waals surface area contributed by atoms with Crippen LogP contribution in [0.15, 0.2) is 54.7 Å². The second-order valence-electron chi connectivity index (χ2n) is 9.31. The van der Waals surface area contributed by atoms with Crippen LogP contribution in [-0.2, 0) is 4.79 Å². The molecule has 0 spiro atoms. The van der Waals surface area contributed by atoms with Crippen molar-refractivity contribution in [2.75, 3.05) is 49.1 Å². The number of halogens is 1. The summed E-state index contributed by atoms with van der Waals surface area (Å²) in [7, 11) is 0. The molecule has 3 heterocycles. The third-order valence-corrected chi connectivity index (χ3v) is 6.41. The predicted molar refractivity (Wildman–Crippen MR) is 153 cm³/mol. The Morgan fingerprint density at radius 2 is 1.92 bits per heavy atom. The van der Waals surface area contributed by atoms with Crippen LogP contribution in [0.3, 0.4) is 0 Å². The molecule has 1 aromatic carbocycles. The van der Waals surface area contributed by atoms with Crippen molar-refractivity contribution < 1.29 is 14.0 Å². The molecule has 2 amide bonds. The first-order valence-electron chi connectivity index (χ1n) is 13.2. The molecular formula is C29H34FN7O2. The minimum atomic E-state index is -0.602. The Kier molecular flexibility index (Phi) is 9.58. The first kappa shape index (κ1) is 27.7. The number of piperidine rings is 1. The molecule has 204 valence electrons. The van der Waals surface area contributed by atoms with Gasteiger partial charge in [-0.3, -0.25) is 9.59 Å². The summed E-state index contributed by atoms with van der Waals surface area (Å²) in [5.74, 6) is -0.469. The van der Waals surface area contributed by atoms with Crippen molar-refractivity contribution in [3.05, 3.63) is 71.7 Å². The molecule has 1 saturated heterocycles. The fourth-order valence-corrected chi connectivity index (χ4v) is 4.35. The molecule has 0 radical (unpaired) electrons. The number of benzene rings is 1. The van der Waals surface area contributed by atoms with E-state index in [1.54, 1.807) is 36.4 Å². The Bertz CT molecular complexity index is 1320. The fraction of sp³-hybridized carbons (Fsp3) is 0.310. The average Bonchev–Trinajstić information content (AvgIpc) is 2.94. The number of carbonyl (C=O) groups excluding carboxylic acids is 2. The van der Waals surface area contributed by atoms with E-state index >= 15 is 0 Å². The molecule has 39 heavy (non-hydrogen) atoms. The van der Waals surface area contributed by atoms with Crippen LogP contribution >= 0.6 is 0 Å². The highest BCUT2D eigenvalue weighted by Crippen LogP contribution is 2.26. The molecule has 1 aliphatic rings. The number of nitrogens with one attached hydrogen (secondary N) is 3. The molecule has 1 aliphatic heterocycles. The number of anilines is 3. The zero-order chi connectivity index (χ0) is 27.6. The van der Waals surface area contributed by atoms with Crippen molar-refractivity contribution in [3.63, 3.8) is 0 Å².